The van der Waals surface area contributed by atoms with Gasteiger partial charge in [0.05, 0.1) is 23.9 Å². The highest BCUT2D eigenvalue weighted by Crippen LogP contribution is 2.31. The number of rotatable bonds is 3. The number of nitriles is 1. The van der Waals surface area contributed by atoms with E-state index in [1.54, 1.807) is 18.2 Å². The van der Waals surface area contributed by atoms with Crippen molar-refractivity contribution in [3.63, 3.8) is 0 Å². The maximum absolute atomic E-state index is 13.8. The molecule has 1 atom stereocenters. The molecule has 1 aliphatic rings. The van der Waals surface area contributed by atoms with Gasteiger partial charge in [0.25, 0.3) is 0 Å². The summed E-state index contributed by atoms with van der Waals surface area (Å²) in [5.41, 5.74) is 1.73. The lowest BCUT2D eigenvalue weighted by Crippen LogP contribution is -2.24. The number of halogens is 2. The molecule has 0 amide bonds. The Morgan fingerprint density at radius 2 is 2.19 bits per heavy atom. The number of hydrogen-bond donors (Lipinski definition) is 1. The lowest BCUT2D eigenvalue weighted by Gasteiger charge is -2.13. The minimum atomic E-state index is -0.437. The van der Waals surface area contributed by atoms with Crippen LogP contribution in [0.2, 0.25) is 5.02 Å². The monoisotopic (exact) mass is 302 g/mol. The second-order valence-corrected chi connectivity index (χ2v) is 5.32. The maximum Gasteiger partial charge on any atom is 0.147 e. The molecule has 0 aromatic heterocycles. The topological polar surface area (TPSA) is 45.0 Å². The molecule has 106 valence electrons. The molecule has 0 fully saturated rings. The average molecular weight is 303 g/mol. The first kappa shape index (κ1) is 13.7. The lowest BCUT2D eigenvalue weighted by atomic mass is 10.1. The lowest BCUT2D eigenvalue weighted by molar-refractivity contribution is 0.246. The van der Waals surface area contributed by atoms with Crippen LogP contribution in [0.4, 0.5) is 10.1 Å². The zero-order valence-corrected chi connectivity index (χ0v) is 11.8. The van der Waals surface area contributed by atoms with Crippen LogP contribution in [0.1, 0.15) is 11.1 Å². The van der Waals surface area contributed by atoms with Crippen molar-refractivity contribution in [3.05, 3.63) is 58.4 Å². The average Bonchev–Trinajstić information content (AvgIpc) is 2.87. The van der Waals surface area contributed by atoms with Crippen LogP contribution in [0.15, 0.2) is 36.4 Å². The summed E-state index contributed by atoms with van der Waals surface area (Å²) >= 11 is 5.95. The number of nitrogens with zero attached hydrogens (tertiary/aromatic N) is 1. The van der Waals surface area contributed by atoms with Crippen LogP contribution in [0.3, 0.4) is 0 Å². The Morgan fingerprint density at radius 1 is 1.33 bits per heavy atom. The summed E-state index contributed by atoms with van der Waals surface area (Å²) in [5.74, 6) is 0.388. The van der Waals surface area contributed by atoms with E-state index in [1.165, 1.54) is 6.07 Å². The quantitative estimate of drug-likeness (QED) is 0.939. The van der Waals surface area contributed by atoms with Gasteiger partial charge < -0.3 is 10.1 Å². The Kier molecular flexibility index (Phi) is 3.68. The molecule has 1 N–H and O–H groups in total. The molecular weight excluding hydrogens is 291 g/mol. The summed E-state index contributed by atoms with van der Waals surface area (Å²) in [6.45, 7) is 0.481. The molecule has 1 heterocycles. The Hall–Kier alpha value is -2.25. The highest BCUT2D eigenvalue weighted by atomic mass is 35.5. The van der Waals surface area contributed by atoms with Crippen molar-refractivity contribution in [1.29, 1.82) is 5.26 Å². The maximum atomic E-state index is 13.8. The van der Waals surface area contributed by atoms with E-state index in [2.05, 4.69) is 5.32 Å². The molecule has 0 spiro atoms. The van der Waals surface area contributed by atoms with E-state index in [4.69, 9.17) is 21.6 Å². The summed E-state index contributed by atoms with van der Waals surface area (Å²) in [5, 5.41) is 12.4. The van der Waals surface area contributed by atoms with Crippen molar-refractivity contribution in [3.8, 4) is 11.8 Å². The molecule has 1 aliphatic heterocycles. The van der Waals surface area contributed by atoms with E-state index in [0.29, 0.717) is 22.8 Å². The Labute approximate surface area is 126 Å². The van der Waals surface area contributed by atoms with Gasteiger partial charge in [-0.15, -0.1) is 0 Å². The molecular formula is C16H12ClFN2O. The third-order valence-electron chi connectivity index (χ3n) is 3.38. The SMILES string of the molecule is N#Cc1ccc(NCC2Cc3cc(Cl)ccc3O2)c(F)c1. The molecule has 2 aromatic rings. The minimum absolute atomic E-state index is 0.0616. The van der Waals surface area contributed by atoms with Gasteiger partial charge in [-0.2, -0.15) is 5.26 Å². The van der Waals surface area contributed by atoms with Crippen LogP contribution >= 0.6 is 11.6 Å². The normalized spacial score (nSPS) is 16.0. The van der Waals surface area contributed by atoms with Gasteiger partial charge >= 0.3 is 0 Å². The number of fused-ring (bicyclic) bond motifs is 1. The number of hydrogen-bond acceptors (Lipinski definition) is 3. The summed E-state index contributed by atoms with van der Waals surface area (Å²) in [6, 6.07) is 11.8. The Morgan fingerprint density at radius 3 is 2.95 bits per heavy atom. The highest BCUT2D eigenvalue weighted by molar-refractivity contribution is 6.30. The minimum Gasteiger partial charge on any atom is -0.488 e. The van der Waals surface area contributed by atoms with E-state index < -0.39 is 5.82 Å². The fraction of sp³-hybridized carbons (Fsp3) is 0.188. The highest BCUT2D eigenvalue weighted by Gasteiger charge is 2.23. The van der Waals surface area contributed by atoms with E-state index in [9.17, 15) is 4.39 Å². The smallest absolute Gasteiger partial charge is 0.147 e. The predicted molar refractivity (Wildman–Crippen MR) is 79.2 cm³/mol. The molecule has 0 radical (unpaired) electrons. The van der Waals surface area contributed by atoms with Crippen LogP contribution in [0.25, 0.3) is 0 Å². The number of benzene rings is 2. The third-order valence-corrected chi connectivity index (χ3v) is 3.62. The van der Waals surface area contributed by atoms with Gasteiger partial charge in [0.1, 0.15) is 17.7 Å². The van der Waals surface area contributed by atoms with Gasteiger partial charge in [0.2, 0.25) is 0 Å². The molecule has 21 heavy (non-hydrogen) atoms. The zero-order valence-electron chi connectivity index (χ0n) is 11.1. The molecule has 1 unspecified atom stereocenters. The van der Waals surface area contributed by atoms with E-state index in [0.717, 1.165) is 17.7 Å². The van der Waals surface area contributed by atoms with Crippen LogP contribution in [-0.2, 0) is 6.42 Å². The van der Waals surface area contributed by atoms with Crippen LogP contribution in [0, 0.1) is 17.1 Å². The number of nitrogens with one attached hydrogen (secondary N) is 1. The predicted octanol–water partition coefficient (Wildman–Crippen LogP) is 3.77. The van der Waals surface area contributed by atoms with Crippen molar-refractivity contribution in [1.82, 2.24) is 0 Å². The van der Waals surface area contributed by atoms with E-state index in [-0.39, 0.29) is 6.10 Å². The zero-order chi connectivity index (χ0) is 14.8. The molecule has 5 heteroatoms. The van der Waals surface area contributed by atoms with Gasteiger partial charge in [-0.05, 0) is 42.0 Å². The molecule has 3 rings (SSSR count). The van der Waals surface area contributed by atoms with Crippen molar-refractivity contribution in [2.45, 2.75) is 12.5 Å². The Bertz CT molecular complexity index is 727. The largest absolute Gasteiger partial charge is 0.488 e. The molecule has 0 aliphatic carbocycles. The van der Waals surface area contributed by atoms with Crippen molar-refractivity contribution in [2.24, 2.45) is 0 Å². The summed E-state index contributed by atoms with van der Waals surface area (Å²) in [7, 11) is 0. The molecule has 2 aromatic carbocycles. The standard InChI is InChI=1S/C16H12ClFN2O/c17-12-2-4-16-11(6-12)7-13(21-16)9-20-15-3-1-10(8-19)5-14(15)18/h1-6,13,20H,7,9H2. The molecule has 0 saturated carbocycles. The van der Waals surface area contributed by atoms with Crippen LogP contribution in [-0.4, -0.2) is 12.6 Å². The third kappa shape index (κ3) is 2.93. The van der Waals surface area contributed by atoms with Crippen molar-refractivity contribution >= 4 is 17.3 Å². The first-order chi connectivity index (χ1) is 10.2. The van der Waals surface area contributed by atoms with Gasteiger partial charge in [-0.25, -0.2) is 4.39 Å². The van der Waals surface area contributed by atoms with E-state index >= 15 is 0 Å². The van der Waals surface area contributed by atoms with Gasteiger partial charge in [0, 0.05) is 11.4 Å². The number of ether oxygens (including phenoxy) is 1. The van der Waals surface area contributed by atoms with Gasteiger partial charge in [-0.1, -0.05) is 11.6 Å². The van der Waals surface area contributed by atoms with Gasteiger partial charge in [-0.3, -0.25) is 0 Å². The fourth-order valence-corrected chi connectivity index (χ4v) is 2.55. The summed E-state index contributed by atoms with van der Waals surface area (Å²) < 4.78 is 19.5. The second kappa shape index (κ2) is 5.63. The van der Waals surface area contributed by atoms with Crippen LogP contribution in [0.5, 0.6) is 5.75 Å². The number of anilines is 1. The van der Waals surface area contributed by atoms with Gasteiger partial charge in [0.15, 0.2) is 0 Å². The van der Waals surface area contributed by atoms with Crippen LogP contribution < -0.4 is 10.1 Å². The first-order valence-corrected chi connectivity index (χ1v) is 6.92. The first-order valence-electron chi connectivity index (χ1n) is 6.54. The van der Waals surface area contributed by atoms with E-state index in [1.807, 2.05) is 18.2 Å². The molecule has 3 nitrogen and oxygen atoms in total. The Balaban J connectivity index is 1.64. The van der Waals surface area contributed by atoms with Crippen molar-refractivity contribution < 1.29 is 9.13 Å². The second-order valence-electron chi connectivity index (χ2n) is 4.88. The van der Waals surface area contributed by atoms with Crippen molar-refractivity contribution in [2.75, 3.05) is 11.9 Å². The molecule has 0 saturated heterocycles. The summed E-state index contributed by atoms with van der Waals surface area (Å²) in [4.78, 5) is 0. The molecule has 0 bridgehead atoms. The summed E-state index contributed by atoms with van der Waals surface area (Å²) in [6.07, 6.45) is 0.675. The fourth-order valence-electron chi connectivity index (χ4n) is 2.35.